The molecule has 158 valence electrons. The van der Waals surface area contributed by atoms with Gasteiger partial charge in [0.05, 0.1) is 12.8 Å². The van der Waals surface area contributed by atoms with E-state index in [1.807, 2.05) is 36.5 Å². The van der Waals surface area contributed by atoms with Crippen LogP contribution in [0.5, 0.6) is 11.8 Å². The van der Waals surface area contributed by atoms with E-state index in [0.29, 0.717) is 23.1 Å². The molecule has 30 heavy (non-hydrogen) atoms. The molecule has 0 amide bonds. The average molecular weight is 409 g/mol. The van der Waals surface area contributed by atoms with Crippen molar-refractivity contribution in [3.8, 4) is 28.8 Å². The molecule has 1 aliphatic rings. The molecule has 3 aromatic heterocycles. The van der Waals surface area contributed by atoms with Crippen LogP contribution in [0.25, 0.3) is 17.1 Å². The lowest BCUT2D eigenvalue weighted by molar-refractivity contribution is 0.0524. The van der Waals surface area contributed by atoms with Crippen molar-refractivity contribution >= 4 is 0 Å². The quantitative estimate of drug-likeness (QED) is 0.692. The molecule has 0 aromatic carbocycles. The van der Waals surface area contributed by atoms with Crippen LogP contribution >= 0.6 is 0 Å². The maximum Gasteiger partial charge on any atom is 0.240 e. The number of hydrogen-bond donors (Lipinski definition) is 1. The molecule has 0 spiro atoms. The number of pyridine rings is 1. The highest BCUT2D eigenvalue weighted by Crippen LogP contribution is 2.31. The van der Waals surface area contributed by atoms with E-state index in [9.17, 15) is 0 Å². The van der Waals surface area contributed by atoms with Gasteiger partial charge in [0.2, 0.25) is 11.8 Å². The Morgan fingerprint density at radius 2 is 1.73 bits per heavy atom. The Balaban J connectivity index is 1.51. The molecule has 1 N–H and O–H groups in total. The van der Waals surface area contributed by atoms with Crippen molar-refractivity contribution in [2.45, 2.75) is 57.7 Å². The zero-order chi connectivity index (χ0) is 21.4. The van der Waals surface area contributed by atoms with Crippen LogP contribution in [0.4, 0.5) is 0 Å². The third kappa shape index (κ3) is 4.43. The Kier molecular flexibility index (Phi) is 5.19. The highest BCUT2D eigenvalue weighted by Gasteiger charge is 2.38. The fraction of sp³-hybridized carbons (Fsp3) is 0.455. The molecule has 0 radical (unpaired) electrons. The Bertz CT molecular complexity index is 983. The topological polar surface area (TPSA) is 87.0 Å². The lowest BCUT2D eigenvalue weighted by Gasteiger charge is -2.46. The maximum absolute atomic E-state index is 6.16. The number of nitrogens with one attached hydrogen (secondary N) is 1. The predicted octanol–water partition coefficient (Wildman–Crippen LogP) is 3.42. The summed E-state index contributed by atoms with van der Waals surface area (Å²) in [7, 11) is 1.59. The van der Waals surface area contributed by atoms with Crippen molar-refractivity contribution in [3.05, 3.63) is 42.7 Å². The normalized spacial score (nSPS) is 18.2. The van der Waals surface area contributed by atoms with Crippen LogP contribution in [0.3, 0.4) is 0 Å². The first-order chi connectivity index (χ1) is 14.2. The van der Waals surface area contributed by atoms with Gasteiger partial charge in [-0.25, -0.2) is 9.67 Å². The Morgan fingerprint density at radius 1 is 1.00 bits per heavy atom. The number of methoxy groups -OCH3 is 1. The number of nitrogens with zero attached hydrogens (tertiary/aromatic N) is 5. The van der Waals surface area contributed by atoms with Crippen LogP contribution in [-0.2, 0) is 0 Å². The van der Waals surface area contributed by atoms with E-state index in [-0.39, 0.29) is 17.2 Å². The number of aromatic nitrogens is 5. The standard InChI is InChI=1S/C22H28N6O2/c1-21(2)13-15(14-22(3,4)27-21)30-19-10-8-17(25-26-19)16-7-9-18(20(24-16)29-5)28-12-6-11-23-28/h6-12,15,27H,13-14H2,1-5H3. The SMILES string of the molecule is COc1nc(-c2ccc(OC3CC(C)(C)NC(C)(C)C3)nn2)ccc1-n1cccn1. The molecule has 8 nitrogen and oxygen atoms in total. The lowest BCUT2D eigenvalue weighted by Crippen LogP contribution is -2.60. The van der Waals surface area contributed by atoms with Gasteiger partial charge < -0.3 is 14.8 Å². The summed E-state index contributed by atoms with van der Waals surface area (Å²) in [6.45, 7) is 8.80. The summed E-state index contributed by atoms with van der Waals surface area (Å²) >= 11 is 0. The van der Waals surface area contributed by atoms with Crippen LogP contribution in [0.15, 0.2) is 42.7 Å². The maximum atomic E-state index is 6.16. The second kappa shape index (κ2) is 7.68. The monoisotopic (exact) mass is 408 g/mol. The van der Waals surface area contributed by atoms with Gasteiger partial charge in [0.25, 0.3) is 0 Å². The third-order valence-electron chi connectivity index (χ3n) is 5.13. The predicted molar refractivity (Wildman–Crippen MR) is 114 cm³/mol. The first-order valence-corrected chi connectivity index (χ1v) is 10.1. The van der Waals surface area contributed by atoms with Crippen molar-refractivity contribution in [1.29, 1.82) is 0 Å². The van der Waals surface area contributed by atoms with Crippen molar-refractivity contribution in [1.82, 2.24) is 30.3 Å². The molecule has 1 fully saturated rings. The minimum absolute atomic E-state index is 0.0105. The van der Waals surface area contributed by atoms with Gasteiger partial charge in [-0.2, -0.15) is 5.10 Å². The summed E-state index contributed by atoms with van der Waals surface area (Å²) < 4.78 is 13.3. The van der Waals surface area contributed by atoms with Crippen molar-refractivity contribution in [2.75, 3.05) is 7.11 Å². The molecule has 4 rings (SSSR count). The molecule has 0 saturated carbocycles. The van der Waals surface area contributed by atoms with E-state index in [4.69, 9.17) is 9.47 Å². The minimum Gasteiger partial charge on any atom is -0.479 e. The first kappa shape index (κ1) is 20.3. The molecule has 8 heteroatoms. The van der Waals surface area contributed by atoms with E-state index in [1.54, 1.807) is 18.0 Å². The van der Waals surface area contributed by atoms with Crippen LogP contribution in [-0.4, -0.2) is 49.3 Å². The van der Waals surface area contributed by atoms with Gasteiger partial charge in [-0.15, -0.1) is 10.2 Å². The second-order valence-electron chi connectivity index (χ2n) is 8.97. The Labute approximate surface area is 176 Å². The second-order valence-corrected chi connectivity index (χ2v) is 8.97. The molecule has 0 bridgehead atoms. The molecule has 3 aromatic rings. The first-order valence-electron chi connectivity index (χ1n) is 10.1. The van der Waals surface area contributed by atoms with E-state index in [0.717, 1.165) is 18.5 Å². The number of piperidine rings is 1. The smallest absolute Gasteiger partial charge is 0.240 e. The van der Waals surface area contributed by atoms with Gasteiger partial charge in [-0.3, -0.25) is 0 Å². The lowest BCUT2D eigenvalue weighted by atomic mass is 9.81. The van der Waals surface area contributed by atoms with Gasteiger partial charge in [-0.05, 0) is 52.0 Å². The summed E-state index contributed by atoms with van der Waals surface area (Å²) in [5, 5.41) is 16.5. The van der Waals surface area contributed by atoms with Crippen LogP contribution in [0, 0.1) is 0 Å². The van der Waals surface area contributed by atoms with Crippen LogP contribution in [0.2, 0.25) is 0 Å². The highest BCUT2D eigenvalue weighted by atomic mass is 16.5. The van der Waals surface area contributed by atoms with E-state index in [1.165, 1.54) is 0 Å². The Morgan fingerprint density at radius 3 is 2.33 bits per heavy atom. The zero-order valence-corrected chi connectivity index (χ0v) is 18.1. The fourth-order valence-electron chi connectivity index (χ4n) is 4.31. The number of rotatable bonds is 5. The molecule has 1 saturated heterocycles. The molecule has 0 aliphatic carbocycles. The van der Waals surface area contributed by atoms with Crippen LogP contribution < -0.4 is 14.8 Å². The fourth-order valence-corrected chi connectivity index (χ4v) is 4.31. The zero-order valence-electron chi connectivity index (χ0n) is 18.1. The molecule has 4 heterocycles. The third-order valence-corrected chi connectivity index (χ3v) is 5.13. The van der Waals surface area contributed by atoms with Gasteiger partial charge >= 0.3 is 0 Å². The number of hydrogen-bond acceptors (Lipinski definition) is 7. The molecule has 0 unspecified atom stereocenters. The van der Waals surface area contributed by atoms with Crippen molar-refractivity contribution in [3.63, 3.8) is 0 Å². The minimum atomic E-state index is 0.0105. The van der Waals surface area contributed by atoms with E-state index in [2.05, 4.69) is 53.3 Å². The molecular weight excluding hydrogens is 380 g/mol. The Hall–Kier alpha value is -3.00. The van der Waals surface area contributed by atoms with E-state index >= 15 is 0 Å². The van der Waals surface area contributed by atoms with Gasteiger partial charge in [0.1, 0.15) is 17.5 Å². The summed E-state index contributed by atoms with van der Waals surface area (Å²) in [6, 6.07) is 9.35. The molecule has 1 aliphatic heterocycles. The van der Waals surface area contributed by atoms with Crippen LogP contribution in [0.1, 0.15) is 40.5 Å². The van der Waals surface area contributed by atoms with Gasteiger partial charge in [0, 0.05) is 42.4 Å². The van der Waals surface area contributed by atoms with E-state index < -0.39 is 0 Å². The van der Waals surface area contributed by atoms with Crippen molar-refractivity contribution in [2.24, 2.45) is 0 Å². The summed E-state index contributed by atoms with van der Waals surface area (Å²) in [6.07, 6.45) is 5.46. The summed E-state index contributed by atoms with van der Waals surface area (Å²) in [5.41, 5.74) is 2.10. The largest absolute Gasteiger partial charge is 0.479 e. The average Bonchev–Trinajstić information content (AvgIpc) is 3.20. The molecule has 0 atom stereocenters. The number of ether oxygens (including phenoxy) is 2. The van der Waals surface area contributed by atoms with Crippen molar-refractivity contribution < 1.29 is 9.47 Å². The van der Waals surface area contributed by atoms with Gasteiger partial charge in [-0.1, -0.05) is 0 Å². The van der Waals surface area contributed by atoms with Gasteiger partial charge in [0.15, 0.2) is 0 Å². The summed E-state index contributed by atoms with van der Waals surface area (Å²) in [5.74, 6) is 0.995. The summed E-state index contributed by atoms with van der Waals surface area (Å²) in [4.78, 5) is 4.57. The highest BCUT2D eigenvalue weighted by molar-refractivity contribution is 5.58. The molecular formula is C22H28N6O2.